The number of alkyl halides is 1. The Kier molecular flexibility index (Phi) is 4.33. The quantitative estimate of drug-likeness (QED) is 0.384. The molecule has 5 aromatic rings. The van der Waals surface area contributed by atoms with Crippen molar-refractivity contribution in [1.82, 2.24) is 20.2 Å². The molecule has 0 unspecified atom stereocenters. The number of nitrogens with zero attached hydrogens (tertiary/aromatic N) is 3. The SMILES string of the molecule is FCc1ccccc1-c1nc(Nc2n[nH]c3cccc(Cl)c23)c2ccccc2n1. The van der Waals surface area contributed by atoms with Gasteiger partial charge in [0.1, 0.15) is 12.5 Å². The fourth-order valence-electron chi connectivity index (χ4n) is 3.38. The highest BCUT2D eigenvalue weighted by molar-refractivity contribution is 6.36. The van der Waals surface area contributed by atoms with Crippen molar-refractivity contribution in [3.8, 4) is 11.4 Å². The lowest BCUT2D eigenvalue weighted by Gasteiger charge is -2.11. The van der Waals surface area contributed by atoms with Gasteiger partial charge in [-0.05, 0) is 29.8 Å². The second-order valence-corrected chi connectivity index (χ2v) is 6.97. The number of para-hydroxylation sites is 1. The van der Waals surface area contributed by atoms with Crippen LogP contribution in [0, 0.1) is 0 Å². The number of rotatable bonds is 4. The van der Waals surface area contributed by atoms with Crippen molar-refractivity contribution >= 4 is 45.0 Å². The minimum atomic E-state index is -0.589. The first-order valence-corrected chi connectivity index (χ1v) is 9.43. The molecule has 142 valence electrons. The van der Waals surface area contributed by atoms with E-state index >= 15 is 0 Å². The highest BCUT2D eigenvalue weighted by Crippen LogP contribution is 2.33. The Hall–Kier alpha value is -3.51. The van der Waals surface area contributed by atoms with E-state index in [1.54, 1.807) is 12.1 Å². The summed E-state index contributed by atoms with van der Waals surface area (Å²) < 4.78 is 13.5. The zero-order chi connectivity index (χ0) is 19.8. The zero-order valence-corrected chi connectivity index (χ0v) is 15.9. The van der Waals surface area contributed by atoms with E-state index in [1.165, 1.54) is 0 Å². The van der Waals surface area contributed by atoms with Crippen molar-refractivity contribution in [3.63, 3.8) is 0 Å². The van der Waals surface area contributed by atoms with Crippen molar-refractivity contribution in [2.45, 2.75) is 6.67 Å². The van der Waals surface area contributed by atoms with E-state index in [0.29, 0.717) is 33.6 Å². The van der Waals surface area contributed by atoms with Crippen molar-refractivity contribution in [2.24, 2.45) is 0 Å². The first kappa shape index (κ1) is 17.6. The summed E-state index contributed by atoms with van der Waals surface area (Å²) in [5.74, 6) is 1.59. The number of fused-ring (bicyclic) bond motifs is 2. The summed E-state index contributed by atoms with van der Waals surface area (Å²) in [7, 11) is 0. The Morgan fingerprint density at radius 3 is 2.62 bits per heavy atom. The highest BCUT2D eigenvalue weighted by Gasteiger charge is 2.15. The van der Waals surface area contributed by atoms with Crippen molar-refractivity contribution in [2.75, 3.05) is 5.32 Å². The van der Waals surface area contributed by atoms with E-state index < -0.39 is 6.67 Å². The third kappa shape index (κ3) is 3.07. The van der Waals surface area contributed by atoms with Gasteiger partial charge in [0.25, 0.3) is 0 Å². The standard InChI is InChI=1S/C22H15ClFN5/c23-16-9-5-11-18-19(16)22(29-28-18)27-21-15-8-3-4-10-17(15)25-20(26-21)14-7-2-1-6-13(14)12-24/h1-11H,12H2,(H2,25,26,27,28,29). The molecule has 0 aliphatic carbocycles. The van der Waals surface area contributed by atoms with Crippen LogP contribution in [0.5, 0.6) is 0 Å². The van der Waals surface area contributed by atoms with E-state index in [1.807, 2.05) is 54.6 Å². The van der Waals surface area contributed by atoms with E-state index in [2.05, 4.69) is 20.5 Å². The number of hydrogen-bond acceptors (Lipinski definition) is 4. The summed E-state index contributed by atoms with van der Waals surface area (Å²) in [6.07, 6.45) is 0. The summed E-state index contributed by atoms with van der Waals surface area (Å²) in [5.41, 5.74) is 2.77. The minimum absolute atomic E-state index is 0.449. The van der Waals surface area contributed by atoms with Crippen LogP contribution in [-0.4, -0.2) is 20.2 Å². The average Bonchev–Trinajstić information content (AvgIpc) is 3.17. The van der Waals surface area contributed by atoms with Gasteiger partial charge in [-0.15, -0.1) is 0 Å². The summed E-state index contributed by atoms with van der Waals surface area (Å²) in [6.45, 7) is -0.589. The molecular formula is C22H15ClFN5. The van der Waals surface area contributed by atoms with Gasteiger partial charge in [0.05, 0.1) is 21.4 Å². The monoisotopic (exact) mass is 403 g/mol. The Morgan fingerprint density at radius 1 is 0.897 bits per heavy atom. The molecule has 0 saturated carbocycles. The molecule has 0 spiro atoms. The van der Waals surface area contributed by atoms with Crippen molar-refractivity contribution < 1.29 is 4.39 Å². The number of halogens is 2. The van der Waals surface area contributed by atoms with Crippen LogP contribution in [0.4, 0.5) is 16.0 Å². The van der Waals surface area contributed by atoms with Gasteiger partial charge < -0.3 is 5.32 Å². The van der Waals surface area contributed by atoms with Crippen LogP contribution in [0.3, 0.4) is 0 Å². The third-order valence-corrected chi connectivity index (χ3v) is 5.10. The molecule has 0 amide bonds. The zero-order valence-electron chi connectivity index (χ0n) is 15.2. The molecule has 5 nitrogen and oxygen atoms in total. The number of hydrogen-bond donors (Lipinski definition) is 2. The summed E-state index contributed by atoms with van der Waals surface area (Å²) >= 11 is 6.38. The molecule has 2 aromatic heterocycles. The predicted octanol–water partition coefficient (Wildman–Crippen LogP) is 6.04. The molecule has 0 fully saturated rings. The normalized spacial score (nSPS) is 11.2. The van der Waals surface area contributed by atoms with Gasteiger partial charge in [-0.25, -0.2) is 14.4 Å². The van der Waals surface area contributed by atoms with Crippen LogP contribution < -0.4 is 5.32 Å². The smallest absolute Gasteiger partial charge is 0.162 e. The number of H-pyrrole nitrogens is 1. The van der Waals surface area contributed by atoms with Gasteiger partial charge in [0, 0.05) is 10.9 Å². The van der Waals surface area contributed by atoms with Gasteiger partial charge >= 0.3 is 0 Å². The number of anilines is 2. The molecule has 0 aliphatic heterocycles. The van der Waals surface area contributed by atoms with Gasteiger partial charge in [0.15, 0.2) is 11.6 Å². The maximum atomic E-state index is 13.5. The lowest BCUT2D eigenvalue weighted by molar-refractivity contribution is 0.486. The van der Waals surface area contributed by atoms with E-state index in [4.69, 9.17) is 16.6 Å². The summed E-state index contributed by atoms with van der Waals surface area (Å²) in [4.78, 5) is 9.36. The largest absolute Gasteiger partial charge is 0.322 e. The maximum absolute atomic E-state index is 13.5. The first-order valence-electron chi connectivity index (χ1n) is 9.05. The summed E-state index contributed by atoms with van der Waals surface area (Å²) in [5, 5.41) is 12.8. The third-order valence-electron chi connectivity index (χ3n) is 4.78. The lowest BCUT2D eigenvalue weighted by atomic mass is 10.1. The highest BCUT2D eigenvalue weighted by atomic mass is 35.5. The van der Waals surface area contributed by atoms with Crippen molar-refractivity contribution in [1.29, 1.82) is 0 Å². The molecule has 0 aliphatic rings. The maximum Gasteiger partial charge on any atom is 0.162 e. The van der Waals surface area contributed by atoms with Crippen molar-refractivity contribution in [3.05, 3.63) is 77.3 Å². The molecule has 0 bridgehead atoms. The first-order chi connectivity index (χ1) is 14.2. The minimum Gasteiger partial charge on any atom is -0.322 e. The number of aromatic nitrogens is 4. The molecule has 2 heterocycles. The molecular weight excluding hydrogens is 389 g/mol. The Morgan fingerprint density at radius 2 is 1.72 bits per heavy atom. The molecule has 29 heavy (non-hydrogen) atoms. The second-order valence-electron chi connectivity index (χ2n) is 6.56. The number of aromatic amines is 1. The number of benzene rings is 3. The second kappa shape index (κ2) is 7.14. The molecule has 0 radical (unpaired) electrons. The van der Waals surface area contributed by atoms with Gasteiger partial charge in [0.2, 0.25) is 0 Å². The lowest BCUT2D eigenvalue weighted by Crippen LogP contribution is -2.01. The Labute approximate surface area is 170 Å². The van der Waals surface area contributed by atoms with Crippen LogP contribution in [0.1, 0.15) is 5.56 Å². The Balaban J connectivity index is 1.70. The molecule has 0 saturated heterocycles. The fourth-order valence-corrected chi connectivity index (χ4v) is 3.64. The topological polar surface area (TPSA) is 66.5 Å². The molecule has 7 heteroatoms. The van der Waals surface area contributed by atoms with Crippen LogP contribution in [0.15, 0.2) is 66.7 Å². The Bertz CT molecular complexity index is 1350. The van der Waals surface area contributed by atoms with E-state index in [9.17, 15) is 4.39 Å². The fraction of sp³-hybridized carbons (Fsp3) is 0.0455. The van der Waals surface area contributed by atoms with E-state index in [0.717, 1.165) is 21.8 Å². The van der Waals surface area contributed by atoms with E-state index in [-0.39, 0.29) is 0 Å². The van der Waals surface area contributed by atoms with Crippen LogP contribution in [0.2, 0.25) is 5.02 Å². The van der Waals surface area contributed by atoms with Crippen LogP contribution in [-0.2, 0) is 6.67 Å². The molecule has 5 rings (SSSR count). The summed E-state index contributed by atoms with van der Waals surface area (Å²) in [6, 6.07) is 20.4. The number of nitrogens with one attached hydrogen (secondary N) is 2. The van der Waals surface area contributed by atoms with Crippen LogP contribution >= 0.6 is 11.6 Å². The van der Waals surface area contributed by atoms with Gasteiger partial charge in [-0.1, -0.05) is 54.1 Å². The van der Waals surface area contributed by atoms with Gasteiger partial charge in [-0.3, -0.25) is 5.10 Å². The predicted molar refractivity (Wildman–Crippen MR) is 114 cm³/mol. The van der Waals surface area contributed by atoms with Gasteiger partial charge in [-0.2, -0.15) is 5.10 Å². The van der Waals surface area contributed by atoms with Crippen LogP contribution in [0.25, 0.3) is 33.2 Å². The molecule has 0 atom stereocenters. The average molecular weight is 404 g/mol. The molecule has 2 N–H and O–H groups in total. The molecule has 3 aromatic carbocycles.